The van der Waals surface area contributed by atoms with Crippen molar-refractivity contribution in [2.45, 2.75) is 53.0 Å². The van der Waals surface area contributed by atoms with Crippen molar-refractivity contribution in [1.82, 2.24) is 4.57 Å². The van der Waals surface area contributed by atoms with Crippen LogP contribution in [0.5, 0.6) is 0 Å². The fourth-order valence-corrected chi connectivity index (χ4v) is 6.21. The van der Waals surface area contributed by atoms with Crippen molar-refractivity contribution in [2.24, 2.45) is 4.99 Å². The molecule has 2 aliphatic heterocycles. The second-order valence-corrected chi connectivity index (χ2v) is 11.5. The van der Waals surface area contributed by atoms with Gasteiger partial charge in [-0.25, -0.2) is 14.7 Å². The van der Waals surface area contributed by atoms with E-state index in [4.69, 9.17) is 4.74 Å². The SMILES string of the molecule is CCOC(=O)C1=C(C)N=c2s/c(=C3\C(=O)N(C(C)=O)c4ccccc43)c(=O)n2[C@H]1c1ccc(C(C)(C)C)cc1. The highest BCUT2D eigenvalue weighted by Gasteiger charge is 2.38. The van der Waals surface area contributed by atoms with Crippen LogP contribution < -0.4 is 19.8 Å². The highest BCUT2D eigenvalue weighted by Crippen LogP contribution is 2.36. The van der Waals surface area contributed by atoms with E-state index in [9.17, 15) is 19.2 Å². The molecule has 8 nitrogen and oxygen atoms in total. The molecule has 0 fully saturated rings. The lowest BCUT2D eigenvalue weighted by atomic mass is 9.85. The number of esters is 1. The maximum absolute atomic E-state index is 14.1. The molecule has 2 aliphatic rings. The maximum Gasteiger partial charge on any atom is 0.338 e. The van der Waals surface area contributed by atoms with Crippen molar-refractivity contribution >= 4 is 40.4 Å². The molecule has 1 aromatic heterocycles. The maximum atomic E-state index is 14.1. The molecule has 5 rings (SSSR count). The number of carbonyl (C=O) groups is 3. The monoisotopic (exact) mass is 543 g/mol. The molecule has 0 unspecified atom stereocenters. The number of allylic oxidation sites excluding steroid dienone is 1. The van der Waals surface area contributed by atoms with Gasteiger partial charge in [-0.05, 0) is 36.5 Å². The van der Waals surface area contributed by atoms with Gasteiger partial charge < -0.3 is 4.74 Å². The molecule has 0 radical (unpaired) electrons. The van der Waals surface area contributed by atoms with Crippen LogP contribution >= 0.6 is 11.3 Å². The number of aromatic nitrogens is 1. The first kappa shape index (κ1) is 26.5. The number of nitrogens with zero attached hydrogens (tertiary/aromatic N) is 3. The summed E-state index contributed by atoms with van der Waals surface area (Å²) in [7, 11) is 0. The molecule has 0 aliphatic carbocycles. The van der Waals surface area contributed by atoms with E-state index in [1.807, 2.05) is 24.3 Å². The fraction of sp³-hybridized carbons (Fsp3) is 0.300. The van der Waals surface area contributed by atoms with Gasteiger partial charge in [-0.2, -0.15) is 0 Å². The molecule has 0 N–H and O–H groups in total. The summed E-state index contributed by atoms with van der Waals surface area (Å²) in [6.45, 7) is 11.3. The molecule has 0 spiro atoms. The van der Waals surface area contributed by atoms with E-state index in [0.717, 1.165) is 27.4 Å². The molecule has 39 heavy (non-hydrogen) atoms. The van der Waals surface area contributed by atoms with Crippen LogP contribution in [0, 0.1) is 0 Å². The average Bonchev–Trinajstić information content (AvgIpc) is 3.35. The molecular formula is C30H29N3O5S. The zero-order valence-electron chi connectivity index (χ0n) is 22.7. The van der Waals surface area contributed by atoms with E-state index in [1.165, 1.54) is 11.5 Å². The van der Waals surface area contributed by atoms with Crippen LogP contribution in [0.3, 0.4) is 0 Å². The van der Waals surface area contributed by atoms with Gasteiger partial charge in [0.2, 0.25) is 5.91 Å². The lowest BCUT2D eigenvalue weighted by molar-refractivity contribution is -0.139. The Labute approximate surface area is 229 Å². The number of fused-ring (bicyclic) bond motifs is 2. The van der Waals surface area contributed by atoms with Crippen molar-refractivity contribution < 1.29 is 19.1 Å². The number of anilines is 1. The first-order valence-electron chi connectivity index (χ1n) is 12.7. The van der Waals surface area contributed by atoms with Crippen LogP contribution in [0.15, 0.2) is 69.6 Å². The molecule has 3 heterocycles. The summed E-state index contributed by atoms with van der Waals surface area (Å²) in [6.07, 6.45) is 0. The Morgan fingerprint density at radius 3 is 2.33 bits per heavy atom. The first-order chi connectivity index (χ1) is 18.5. The Hall–Kier alpha value is -4.11. The summed E-state index contributed by atoms with van der Waals surface area (Å²) < 4.78 is 7.01. The number of amides is 2. The summed E-state index contributed by atoms with van der Waals surface area (Å²) in [5.74, 6) is -1.54. The second-order valence-electron chi connectivity index (χ2n) is 10.5. The minimum Gasteiger partial charge on any atom is -0.463 e. The third kappa shape index (κ3) is 4.27. The van der Waals surface area contributed by atoms with Crippen molar-refractivity contribution in [2.75, 3.05) is 11.5 Å². The summed E-state index contributed by atoms with van der Waals surface area (Å²) in [5.41, 5.74) is 3.12. The molecule has 0 saturated heterocycles. The van der Waals surface area contributed by atoms with Crippen LogP contribution in [-0.2, 0) is 24.5 Å². The van der Waals surface area contributed by atoms with E-state index in [2.05, 4.69) is 25.8 Å². The third-order valence-corrected chi connectivity index (χ3v) is 8.01. The summed E-state index contributed by atoms with van der Waals surface area (Å²) >= 11 is 1.08. The van der Waals surface area contributed by atoms with Gasteiger partial charge >= 0.3 is 5.97 Å². The van der Waals surface area contributed by atoms with Gasteiger partial charge in [-0.1, -0.05) is 74.6 Å². The lowest BCUT2D eigenvalue weighted by Crippen LogP contribution is -2.41. The summed E-state index contributed by atoms with van der Waals surface area (Å²) in [5, 5.41) is 0. The summed E-state index contributed by atoms with van der Waals surface area (Å²) in [6, 6.07) is 13.9. The number of para-hydroxylation sites is 1. The number of hydrogen-bond donors (Lipinski definition) is 0. The zero-order valence-corrected chi connectivity index (χ0v) is 23.5. The Balaban J connectivity index is 1.80. The molecule has 2 aromatic carbocycles. The molecule has 0 saturated carbocycles. The van der Waals surface area contributed by atoms with Crippen molar-refractivity contribution in [3.8, 4) is 0 Å². The van der Waals surface area contributed by atoms with Gasteiger partial charge in [0.1, 0.15) is 4.53 Å². The second kappa shape index (κ2) is 9.57. The molecular weight excluding hydrogens is 514 g/mol. The van der Waals surface area contributed by atoms with Crippen LogP contribution in [0.1, 0.15) is 64.3 Å². The van der Waals surface area contributed by atoms with Gasteiger partial charge in [-0.3, -0.25) is 19.0 Å². The van der Waals surface area contributed by atoms with Crippen molar-refractivity contribution in [1.29, 1.82) is 0 Å². The molecule has 1 atom stereocenters. The molecule has 2 amide bonds. The number of thiazole rings is 1. The quantitative estimate of drug-likeness (QED) is 0.472. The van der Waals surface area contributed by atoms with E-state index in [1.54, 1.807) is 38.1 Å². The minimum absolute atomic E-state index is 0.0802. The Morgan fingerprint density at radius 2 is 1.72 bits per heavy atom. The number of carbonyl (C=O) groups excluding carboxylic acids is 3. The normalized spacial score (nSPS) is 18.1. The van der Waals surface area contributed by atoms with Crippen LogP contribution in [0.4, 0.5) is 5.69 Å². The average molecular weight is 544 g/mol. The van der Waals surface area contributed by atoms with Gasteiger partial charge in [0.15, 0.2) is 4.80 Å². The van der Waals surface area contributed by atoms with Crippen LogP contribution in [0.25, 0.3) is 5.57 Å². The Bertz CT molecular complexity index is 1750. The predicted octanol–water partition coefficient (Wildman–Crippen LogP) is 3.36. The highest BCUT2D eigenvalue weighted by atomic mass is 32.1. The first-order valence-corrected chi connectivity index (χ1v) is 13.5. The predicted molar refractivity (Wildman–Crippen MR) is 149 cm³/mol. The minimum atomic E-state index is -0.792. The van der Waals surface area contributed by atoms with E-state index in [-0.39, 0.29) is 27.7 Å². The largest absolute Gasteiger partial charge is 0.463 e. The topological polar surface area (TPSA) is 98.0 Å². The third-order valence-electron chi connectivity index (χ3n) is 6.96. The van der Waals surface area contributed by atoms with Gasteiger partial charge in [0.05, 0.1) is 35.2 Å². The van der Waals surface area contributed by atoms with E-state index in [0.29, 0.717) is 21.7 Å². The Morgan fingerprint density at radius 1 is 1.05 bits per heavy atom. The van der Waals surface area contributed by atoms with Gasteiger partial charge in [-0.15, -0.1) is 0 Å². The van der Waals surface area contributed by atoms with E-state index >= 15 is 0 Å². The number of imide groups is 1. The highest BCUT2D eigenvalue weighted by molar-refractivity contribution is 7.07. The molecule has 200 valence electrons. The van der Waals surface area contributed by atoms with Crippen molar-refractivity contribution in [3.05, 3.63) is 96.2 Å². The number of benzene rings is 2. The van der Waals surface area contributed by atoms with Crippen LogP contribution in [0.2, 0.25) is 0 Å². The number of ether oxygens (including phenoxy) is 1. The number of hydrogen-bond acceptors (Lipinski definition) is 7. The van der Waals surface area contributed by atoms with Crippen molar-refractivity contribution in [3.63, 3.8) is 0 Å². The summed E-state index contributed by atoms with van der Waals surface area (Å²) in [4.78, 5) is 59.2. The number of rotatable bonds is 3. The van der Waals surface area contributed by atoms with E-state index < -0.39 is 29.4 Å². The Kier molecular flexibility index (Phi) is 6.50. The molecule has 9 heteroatoms. The fourth-order valence-electron chi connectivity index (χ4n) is 5.07. The lowest BCUT2D eigenvalue weighted by Gasteiger charge is -2.26. The smallest absolute Gasteiger partial charge is 0.338 e. The molecule has 3 aromatic rings. The van der Waals surface area contributed by atoms with Gasteiger partial charge in [0, 0.05) is 12.5 Å². The zero-order chi connectivity index (χ0) is 28.2. The standard InChI is InChI=1S/C30H29N3O5S/c1-7-38-28(37)22-16(2)31-29-33(24(22)18-12-14-19(15-13-18)30(4,5)6)27(36)25(39-29)23-20-10-8-9-11-21(20)32(17(3)34)26(23)35/h8-15,24H,7H2,1-6H3/b25-23-/t24-/m0/s1. The van der Waals surface area contributed by atoms with Gasteiger partial charge in [0.25, 0.3) is 11.5 Å². The van der Waals surface area contributed by atoms with Crippen LogP contribution in [-0.4, -0.2) is 29.0 Å². The molecule has 0 bridgehead atoms.